The van der Waals surface area contributed by atoms with Crippen LogP contribution in [-0.2, 0) is 12.0 Å². The number of benzene rings is 2. The van der Waals surface area contributed by atoms with Gasteiger partial charge in [0.05, 0.1) is 10.7 Å². The van der Waals surface area contributed by atoms with Gasteiger partial charge >= 0.3 is 12.3 Å². The lowest BCUT2D eigenvalue weighted by Gasteiger charge is -2.36. The molecule has 0 fully saturated rings. The van der Waals surface area contributed by atoms with Gasteiger partial charge < -0.3 is 20.1 Å². The number of pyridine rings is 1. The first-order chi connectivity index (χ1) is 15.7. The molecule has 0 radical (unpaired) electrons. The van der Waals surface area contributed by atoms with Gasteiger partial charge in [-0.25, -0.2) is 4.79 Å². The molecule has 0 spiro atoms. The number of nitrogens with zero attached hydrogens (tertiary/aromatic N) is 1. The van der Waals surface area contributed by atoms with Crippen LogP contribution in [0.1, 0.15) is 30.7 Å². The zero-order valence-corrected chi connectivity index (χ0v) is 18.7. The van der Waals surface area contributed by atoms with E-state index in [-0.39, 0.29) is 29.5 Å². The molecule has 2 aromatic carbocycles. The average molecular weight is 474 g/mol. The lowest BCUT2D eigenvalue weighted by molar-refractivity contribution is -0.287. The fourth-order valence-electron chi connectivity index (χ4n) is 3.83. The highest BCUT2D eigenvalue weighted by Crippen LogP contribution is 2.48. The minimum absolute atomic E-state index is 0.130. The van der Waals surface area contributed by atoms with Gasteiger partial charge in [0.1, 0.15) is 5.54 Å². The Morgan fingerprint density at radius 2 is 1.85 bits per heavy atom. The summed E-state index contributed by atoms with van der Waals surface area (Å²) in [6.45, 7) is 3.63. The van der Waals surface area contributed by atoms with Gasteiger partial charge in [-0.2, -0.15) is 0 Å². The molecule has 33 heavy (non-hydrogen) atoms. The molecule has 1 unspecified atom stereocenters. The summed E-state index contributed by atoms with van der Waals surface area (Å²) in [4.78, 5) is 17.5. The molecule has 2 N–H and O–H groups in total. The maximum Gasteiger partial charge on any atom is 0.586 e. The number of amides is 2. The predicted octanol–water partition coefficient (Wildman–Crippen LogP) is 5.25. The van der Waals surface area contributed by atoms with Crippen LogP contribution in [0, 0.1) is 0 Å². The van der Waals surface area contributed by atoms with Crippen molar-refractivity contribution in [1.29, 1.82) is 0 Å². The normalized spacial score (nSPS) is 15.7. The third-order valence-electron chi connectivity index (χ3n) is 5.11. The van der Waals surface area contributed by atoms with Gasteiger partial charge in [0, 0.05) is 24.2 Å². The number of hydrogen-bond acceptors (Lipinski definition) is 4. The maximum atomic E-state index is 14.0. The molecule has 0 bridgehead atoms. The quantitative estimate of drug-likeness (QED) is 0.513. The molecule has 1 atom stereocenters. The van der Waals surface area contributed by atoms with Crippen molar-refractivity contribution in [3.8, 4) is 11.5 Å². The van der Waals surface area contributed by atoms with Gasteiger partial charge in [0.2, 0.25) is 0 Å². The van der Waals surface area contributed by atoms with Crippen LogP contribution in [0.4, 0.5) is 13.6 Å². The standard InChI is InChI=1S/C24H22ClF2N3O3/c1-15(2)29-22(31)30-23(13-16-7-4-3-5-8-16,20-12-11-17(25)14-28-20)18-9-6-10-19-21(18)33-24(26,27)32-19/h3-12,14-15H,13H2,1-2H3,(H2,29,30,31). The number of fused-ring (bicyclic) bond motifs is 1. The summed E-state index contributed by atoms with van der Waals surface area (Å²) in [5.74, 6) is -0.296. The summed E-state index contributed by atoms with van der Waals surface area (Å²) in [5.41, 5.74) is 0.110. The fourth-order valence-corrected chi connectivity index (χ4v) is 3.94. The molecule has 2 heterocycles. The number of rotatable bonds is 6. The highest BCUT2D eigenvalue weighted by molar-refractivity contribution is 6.30. The van der Waals surface area contributed by atoms with E-state index in [1.807, 2.05) is 44.2 Å². The van der Waals surface area contributed by atoms with Crippen molar-refractivity contribution in [2.24, 2.45) is 0 Å². The Labute approximate surface area is 194 Å². The van der Waals surface area contributed by atoms with Gasteiger partial charge in [-0.1, -0.05) is 54.1 Å². The van der Waals surface area contributed by atoms with E-state index in [9.17, 15) is 13.6 Å². The second-order valence-corrected chi connectivity index (χ2v) is 8.42. The number of alkyl halides is 2. The van der Waals surface area contributed by atoms with Crippen molar-refractivity contribution in [3.05, 3.63) is 88.7 Å². The topological polar surface area (TPSA) is 72.5 Å². The van der Waals surface area contributed by atoms with E-state index in [1.165, 1.54) is 12.3 Å². The number of carbonyl (C=O) groups is 1. The van der Waals surface area contributed by atoms with Gasteiger partial charge in [0.15, 0.2) is 11.5 Å². The minimum atomic E-state index is -3.83. The Balaban J connectivity index is 1.95. The number of halogens is 3. The van der Waals surface area contributed by atoms with E-state index in [1.54, 1.807) is 24.3 Å². The highest BCUT2D eigenvalue weighted by Gasteiger charge is 2.49. The number of ether oxygens (including phenoxy) is 2. The summed E-state index contributed by atoms with van der Waals surface area (Å²) >= 11 is 6.07. The first-order valence-electron chi connectivity index (χ1n) is 10.3. The summed E-state index contributed by atoms with van der Waals surface area (Å²) in [6.07, 6.45) is -2.20. The Morgan fingerprint density at radius 1 is 1.09 bits per heavy atom. The molecular formula is C24H22ClF2N3O3. The van der Waals surface area contributed by atoms with Crippen molar-refractivity contribution < 1.29 is 23.0 Å². The second-order valence-electron chi connectivity index (χ2n) is 7.98. The molecule has 0 aliphatic carbocycles. The number of para-hydroxylation sites is 1. The van der Waals surface area contributed by atoms with Gasteiger partial charge in [-0.05, 0) is 37.6 Å². The molecule has 1 aliphatic heterocycles. The molecule has 9 heteroatoms. The van der Waals surface area contributed by atoms with Crippen LogP contribution >= 0.6 is 11.6 Å². The minimum Gasteiger partial charge on any atom is -0.395 e. The van der Waals surface area contributed by atoms with Crippen LogP contribution in [0.25, 0.3) is 0 Å². The van der Waals surface area contributed by atoms with Gasteiger partial charge in [-0.3, -0.25) is 4.98 Å². The zero-order valence-electron chi connectivity index (χ0n) is 17.9. The number of aromatic nitrogens is 1. The lowest BCUT2D eigenvalue weighted by Crippen LogP contribution is -2.53. The van der Waals surface area contributed by atoms with Gasteiger partial charge in [-0.15, -0.1) is 8.78 Å². The molecule has 0 saturated heterocycles. The second kappa shape index (κ2) is 8.86. The molecule has 1 aromatic heterocycles. The molecule has 1 aliphatic rings. The van der Waals surface area contributed by atoms with Crippen LogP contribution in [0.5, 0.6) is 11.5 Å². The Hall–Kier alpha value is -3.39. The van der Waals surface area contributed by atoms with Crippen molar-refractivity contribution >= 4 is 17.6 Å². The highest BCUT2D eigenvalue weighted by atomic mass is 35.5. The van der Waals surface area contributed by atoms with E-state index >= 15 is 0 Å². The van der Waals surface area contributed by atoms with Crippen LogP contribution in [0.15, 0.2) is 66.9 Å². The summed E-state index contributed by atoms with van der Waals surface area (Å²) < 4.78 is 37.7. The third-order valence-corrected chi connectivity index (χ3v) is 5.34. The van der Waals surface area contributed by atoms with E-state index < -0.39 is 17.9 Å². The molecule has 6 nitrogen and oxygen atoms in total. The summed E-state index contributed by atoms with van der Waals surface area (Å²) in [6, 6.07) is 16.5. The Kier molecular flexibility index (Phi) is 6.12. The first-order valence-corrected chi connectivity index (χ1v) is 10.7. The zero-order chi connectivity index (χ0) is 23.6. The third kappa shape index (κ3) is 4.85. The van der Waals surface area contributed by atoms with E-state index in [0.717, 1.165) is 5.56 Å². The molecule has 3 aromatic rings. The fraction of sp³-hybridized carbons (Fsp3) is 0.250. The monoisotopic (exact) mass is 473 g/mol. The number of urea groups is 1. The van der Waals surface area contributed by atoms with Gasteiger partial charge in [0.25, 0.3) is 0 Å². The van der Waals surface area contributed by atoms with Crippen LogP contribution in [0.2, 0.25) is 5.02 Å². The molecular weight excluding hydrogens is 452 g/mol. The predicted molar refractivity (Wildman–Crippen MR) is 120 cm³/mol. The summed E-state index contributed by atoms with van der Waals surface area (Å²) in [5, 5.41) is 6.17. The van der Waals surface area contributed by atoms with Crippen molar-refractivity contribution in [1.82, 2.24) is 15.6 Å². The summed E-state index contributed by atoms with van der Waals surface area (Å²) in [7, 11) is 0. The maximum absolute atomic E-state index is 14.0. The number of hydrogen-bond donors (Lipinski definition) is 2. The first kappa shape index (κ1) is 22.8. The molecule has 0 saturated carbocycles. The smallest absolute Gasteiger partial charge is 0.395 e. The molecule has 2 amide bonds. The largest absolute Gasteiger partial charge is 0.586 e. The lowest BCUT2D eigenvalue weighted by atomic mass is 9.80. The van der Waals surface area contributed by atoms with Crippen LogP contribution in [-0.4, -0.2) is 23.4 Å². The number of carbonyl (C=O) groups excluding carboxylic acids is 1. The van der Waals surface area contributed by atoms with Crippen LogP contribution < -0.4 is 20.1 Å². The van der Waals surface area contributed by atoms with Crippen molar-refractivity contribution in [2.45, 2.75) is 38.1 Å². The van der Waals surface area contributed by atoms with E-state index in [4.69, 9.17) is 16.3 Å². The van der Waals surface area contributed by atoms with Crippen LogP contribution in [0.3, 0.4) is 0 Å². The SMILES string of the molecule is CC(C)NC(=O)NC(Cc1ccccc1)(c1ccc(Cl)cn1)c1cccc2c1OC(F)(F)O2. The van der Waals surface area contributed by atoms with Crippen molar-refractivity contribution in [3.63, 3.8) is 0 Å². The average Bonchev–Trinajstić information content (AvgIpc) is 3.07. The molecule has 172 valence electrons. The number of nitrogens with one attached hydrogen (secondary N) is 2. The molecule has 4 rings (SSSR count). The van der Waals surface area contributed by atoms with Crippen molar-refractivity contribution in [2.75, 3.05) is 0 Å². The van der Waals surface area contributed by atoms with E-state index in [0.29, 0.717) is 10.7 Å². The Morgan fingerprint density at radius 3 is 2.52 bits per heavy atom. The van der Waals surface area contributed by atoms with E-state index in [2.05, 4.69) is 20.4 Å². The Bertz CT molecular complexity index is 1140.